The second-order valence-corrected chi connectivity index (χ2v) is 4.73. The Labute approximate surface area is 108 Å². The standard InChI is InChI=1S/C13H19ClN2O/c1-2-15-6-8-16(9-7-15)13-11(10-17)4-3-5-12(13)14/h3-5,17H,2,6-10H2,1H3. The van der Waals surface area contributed by atoms with E-state index in [2.05, 4.69) is 16.7 Å². The van der Waals surface area contributed by atoms with Crippen molar-refractivity contribution in [3.05, 3.63) is 28.8 Å². The highest BCUT2D eigenvalue weighted by Crippen LogP contribution is 2.30. The largest absolute Gasteiger partial charge is 0.392 e. The van der Waals surface area contributed by atoms with Crippen molar-refractivity contribution in [2.45, 2.75) is 13.5 Å². The second kappa shape index (κ2) is 5.71. The topological polar surface area (TPSA) is 26.7 Å². The summed E-state index contributed by atoms with van der Waals surface area (Å²) in [5, 5.41) is 10.1. The minimum Gasteiger partial charge on any atom is -0.392 e. The quantitative estimate of drug-likeness (QED) is 0.894. The molecule has 0 aromatic heterocycles. The minimum atomic E-state index is 0.0455. The van der Waals surface area contributed by atoms with E-state index in [-0.39, 0.29) is 6.61 Å². The molecule has 1 aliphatic heterocycles. The van der Waals surface area contributed by atoms with E-state index in [0.717, 1.165) is 49.0 Å². The number of anilines is 1. The zero-order valence-electron chi connectivity index (χ0n) is 10.2. The third-order valence-electron chi connectivity index (χ3n) is 3.38. The summed E-state index contributed by atoms with van der Waals surface area (Å²) in [5.41, 5.74) is 1.93. The highest BCUT2D eigenvalue weighted by Gasteiger charge is 2.19. The number of nitrogens with zero attached hydrogens (tertiary/aromatic N) is 2. The summed E-state index contributed by atoms with van der Waals surface area (Å²) >= 11 is 6.25. The van der Waals surface area contributed by atoms with Crippen molar-refractivity contribution in [2.24, 2.45) is 0 Å². The van der Waals surface area contributed by atoms with Gasteiger partial charge >= 0.3 is 0 Å². The number of hydrogen-bond acceptors (Lipinski definition) is 3. The summed E-state index contributed by atoms with van der Waals surface area (Å²) in [5.74, 6) is 0. The van der Waals surface area contributed by atoms with E-state index in [0.29, 0.717) is 0 Å². The number of piperazine rings is 1. The molecular formula is C13H19ClN2O. The van der Waals surface area contributed by atoms with Crippen molar-refractivity contribution in [2.75, 3.05) is 37.6 Å². The smallest absolute Gasteiger partial charge is 0.0702 e. The molecule has 0 spiro atoms. The van der Waals surface area contributed by atoms with Gasteiger partial charge in [0.15, 0.2) is 0 Å². The number of rotatable bonds is 3. The zero-order chi connectivity index (χ0) is 12.3. The molecule has 94 valence electrons. The van der Waals surface area contributed by atoms with Crippen LogP contribution in [0.5, 0.6) is 0 Å². The molecule has 3 nitrogen and oxygen atoms in total. The maximum absolute atomic E-state index is 9.38. The van der Waals surface area contributed by atoms with E-state index in [4.69, 9.17) is 11.6 Å². The number of benzene rings is 1. The molecule has 17 heavy (non-hydrogen) atoms. The Hall–Kier alpha value is -0.770. The lowest BCUT2D eigenvalue weighted by Gasteiger charge is -2.36. The third-order valence-corrected chi connectivity index (χ3v) is 3.68. The fraction of sp³-hybridized carbons (Fsp3) is 0.538. The molecule has 1 fully saturated rings. The molecule has 1 saturated heterocycles. The van der Waals surface area contributed by atoms with Gasteiger partial charge in [-0.05, 0) is 12.6 Å². The van der Waals surface area contributed by atoms with Crippen molar-refractivity contribution >= 4 is 17.3 Å². The molecule has 0 saturated carbocycles. The molecule has 0 bridgehead atoms. The van der Waals surface area contributed by atoms with Crippen molar-refractivity contribution in [1.82, 2.24) is 4.90 Å². The van der Waals surface area contributed by atoms with Gasteiger partial charge in [-0.25, -0.2) is 0 Å². The Kier molecular flexibility index (Phi) is 4.26. The molecular weight excluding hydrogens is 236 g/mol. The van der Waals surface area contributed by atoms with Crippen LogP contribution in [0.15, 0.2) is 18.2 Å². The van der Waals surface area contributed by atoms with E-state index < -0.39 is 0 Å². The molecule has 1 aromatic rings. The Morgan fingerprint density at radius 3 is 2.53 bits per heavy atom. The van der Waals surface area contributed by atoms with Gasteiger partial charge < -0.3 is 14.9 Å². The number of halogens is 1. The average molecular weight is 255 g/mol. The van der Waals surface area contributed by atoms with Crippen LogP contribution in [-0.4, -0.2) is 42.7 Å². The van der Waals surface area contributed by atoms with Gasteiger partial charge in [-0.15, -0.1) is 0 Å². The minimum absolute atomic E-state index is 0.0455. The highest BCUT2D eigenvalue weighted by molar-refractivity contribution is 6.33. The fourth-order valence-corrected chi connectivity index (χ4v) is 2.64. The summed E-state index contributed by atoms with van der Waals surface area (Å²) in [6.07, 6.45) is 0. The lowest BCUT2D eigenvalue weighted by Crippen LogP contribution is -2.46. The number of likely N-dealkylation sites (N-methyl/N-ethyl adjacent to an activating group) is 1. The van der Waals surface area contributed by atoms with E-state index >= 15 is 0 Å². The third kappa shape index (κ3) is 2.73. The lowest BCUT2D eigenvalue weighted by atomic mass is 10.1. The molecule has 0 unspecified atom stereocenters. The normalized spacial score (nSPS) is 17.5. The summed E-state index contributed by atoms with van der Waals surface area (Å²) in [6, 6.07) is 5.72. The molecule has 1 N–H and O–H groups in total. The first-order chi connectivity index (χ1) is 8.26. The van der Waals surface area contributed by atoms with E-state index in [1.807, 2.05) is 18.2 Å². The average Bonchev–Trinajstić information content (AvgIpc) is 2.38. The van der Waals surface area contributed by atoms with Crippen LogP contribution in [0.25, 0.3) is 0 Å². The summed E-state index contributed by atoms with van der Waals surface area (Å²) < 4.78 is 0. The summed E-state index contributed by atoms with van der Waals surface area (Å²) in [7, 11) is 0. The van der Waals surface area contributed by atoms with Gasteiger partial charge in [0.1, 0.15) is 0 Å². The highest BCUT2D eigenvalue weighted by atomic mass is 35.5. The predicted molar refractivity (Wildman–Crippen MR) is 71.7 cm³/mol. The second-order valence-electron chi connectivity index (χ2n) is 4.33. The van der Waals surface area contributed by atoms with Crippen LogP contribution in [0, 0.1) is 0 Å². The number of aliphatic hydroxyl groups excluding tert-OH is 1. The maximum Gasteiger partial charge on any atom is 0.0702 e. The first-order valence-corrected chi connectivity index (χ1v) is 6.49. The van der Waals surface area contributed by atoms with Crippen molar-refractivity contribution in [1.29, 1.82) is 0 Å². The van der Waals surface area contributed by atoms with Gasteiger partial charge in [-0.3, -0.25) is 0 Å². The van der Waals surface area contributed by atoms with Crippen LogP contribution in [0.2, 0.25) is 5.02 Å². The molecule has 4 heteroatoms. The molecule has 0 atom stereocenters. The van der Waals surface area contributed by atoms with Gasteiger partial charge in [-0.2, -0.15) is 0 Å². The van der Waals surface area contributed by atoms with Gasteiger partial charge in [-0.1, -0.05) is 30.7 Å². The molecule has 1 heterocycles. The van der Waals surface area contributed by atoms with Crippen LogP contribution in [0.4, 0.5) is 5.69 Å². The van der Waals surface area contributed by atoms with Crippen LogP contribution >= 0.6 is 11.6 Å². The molecule has 0 aliphatic carbocycles. The molecule has 1 aliphatic rings. The first-order valence-electron chi connectivity index (χ1n) is 6.11. The Morgan fingerprint density at radius 2 is 1.94 bits per heavy atom. The van der Waals surface area contributed by atoms with Crippen LogP contribution < -0.4 is 4.90 Å². The Bertz CT molecular complexity index is 376. The molecule has 2 rings (SSSR count). The van der Waals surface area contributed by atoms with Crippen LogP contribution in [-0.2, 0) is 6.61 Å². The summed E-state index contributed by atoms with van der Waals surface area (Å²) in [6.45, 7) is 7.41. The van der Waals surface area contributed by atoms with E-state index in [1.54, 1.807) is 0 Å². The monoisotopic (exact) mass is 254 g/mol. The predicted octanol–water partition coefficient (Wildman–Crippen LogP) is 1.97. The summed E-state index contributed by atoms with van der Waals surface area (Å²) in [4.78, 5) is 4.70. The maximum atomic E-state index is 9.38. The first kappa shape index (κ1) is 12.7. The van der Waals surface area contributed by atoms with Crippen molar-refractivity contribution in [3.8, 4) is 0 Å². The van der Waals surface area contributed by atoms with Gasteiger partial charge in [0.05, 0.1) is 17.3 Å². The molecule has 1 aromatic carbocycles. The van der Waals surface area contributed by atoms with E-state index in [9.17, 15) is 5.11 Å². The number of aliphatic hydroxyl groups is 1. The fourth-order valence-electron chi connectivity index (χ4n) is 2.33. The molecule has 0 amide bonds. The zero-order valence-corrected chi connectivity index (χ0v) is 11.0. The Morgan fingerprint density at radius 1 is 1.24 bits per heavy atom. The van der Waals surface area contributed by atoms with Gasteiger partial charge in [0.2, 0.25) is 0 Å². The molecule has 0 radical (unpaired) electrons. The van der Waals surface area contributed by atoms with Gasteiger partial charge in [0.25, 0.3) is 0 Å². The van der Waals surface area contributed by atoms with Crippen LogP contribution in [0.3, 0.4) is 0 Å². The van der Waals surface area contributed by atoms with Crippen molar-refractivity contribution in [3.63, 3.8) is 0 Å². The SMILES string of the molecule is CCN1CCN(c2c(Cl)cccc2CO)CC1. The van der Waals surface area contributed by atoms with Gasteiger partial charge in [0, 0.05) is 31.7 Å². The van der Waals surface area contributed by atoms with Crippen LogP contribution in [0.1, 0.15) is 12.5 Å². The Balaban J connectivity index is 2.17. The van der Waals surface area contributed by atoms with Crippen molar-refractivity contribution < 1.29 is 5.11 Å². The number of hydrogen-bond donors (Lipinski definition) is 1. The van der Waals surface area contributed by atoms with E-state index in [1.165, 1.54) is 0 Å². The lowest BCUT2D eigenvalue weighted by molar-refractivity contribution is 0.267. The number of para-hydroxylation sites is 1.